The van der Waals surface area contributed by atoms with Crippen LogP contribution in [0.4, 0.5) is 23.8 Å². The minimum Gasteiger partial charge on any atom is -0.444 e. The Kier molecular flexibility index (Phi) is 12.4. The molecular weight excluding hydrogens is 722 g/mol. The molecule has 11 nitrogen and oxygen atoms in total. The summed E-state index contributed by atoms with van der Waals surface area (Å²) in [5.74, 6) is 0.749. The van der Waals surface area contributed by atoms with Gasteiger partial charge in [-0.2, -0.15) is 22.8 Å². The molecule has 2 bridgehead atoms. The lowest BCUT2D eigenvalue weighted by Crippen LogP contribution is -2.48. The molecule has 0 spiro atoms. The fraction of sp³-hybridized carbons (Fsp3) is 0.676. The molecule has 0 aliphatic carbocycles. The number of carbonyl (C=O) groups is 1. The van der Waals surface area contributed by atoms with E-state index in [0.717, 1.165) is 36.4 Å². The molecule has 5 rings (SSSR count). The zero-order valence-electron chi connectivity index (χ0n) is 32.7. The molecule has 0 saturated carbocycles. The van der Waals surface area contributed by atoms with E-state index in [9.17, 15) is 23.1 Å². The van der Waals surface area contributed by atoms with Gasteiger partial charge in [-0.1, -0.05) is 45.3 Å². The summed E-state index contributed by atoms with van der Waals surface area (Å²) in [6, 6.07) is 6.76. The Hall–Kier alpha value is -3.06. The number of anilines is 1. The van der Waals surface area contributed by atoms with Gasteiger partial charge in [0.15, 0.2) is 11.8 Å². The molecule has 1 unspecified atom stereocenters. The Labute approximate surface area is 313 Å². The van der Waals surface area contributed by atoms with Gasteiger partial charge >= 0.3 is 12.3 Å². The monoisotopic (exact) mass is 778 g/mol. The van der Waals surface area contributed by atoms with Crippen LogP contribution in [0.15, 0.2) is 30.6 Å². The molecule has 16 heteroatoms. The Morgan fingerprint density at radius 2 is 1.55 bits per heavy atom. The average molecular weight is 779 g/mol. The van der Waals surface area contributed by atoms with Crippen molar-refractivity contribution in [1.82, 2.24) is 24.5 Å². The second-order valence-corrected chi connectivity index (χ2v) is 29.2. The molecule has 1 N–H and O–H groups in total. The molecule has 2 aliphatic heterocycles. The lowest BCUT2D eigenvalue weighted by molar-refractivity contribution is -0.207. The standard InChI is InChI=1S/C37H57F3N6O5Si2/c1-36(2,3)51-35(48)45-27-11-12-28(45)19-26(18-27)31-20-32(44(23-49-14-16-52(4,5)6)24-50-15-17-53(7,8)9)46-34(43-31)29(22-42-46)25-10-13-30(41-21-25)33(47)37(38,39)40/h10,13,20-22,26-28,33,47H,11-12,14-19,23-24H2,1-9H3/t26-,27+,28-,33?. The van der Waals surface area contributed by atoms with Crippen molar-refractivity contribution in [3.8, 4) is 11.1 Å². The van der Waals surface area contributed by atoms with Gasteiger partial charge in [0.05, 0.1) is 11.9 Å². The first-order valence-corrected chi connectivity index (χ1v) is 26.0. The van der Waals surface area contributed by atoms with Crippen LogP contribution in [0, 0.1) is 0 Å². The van der Waals surface area contributed by atoms with Gasteiger partial charge in [-0.15, -0.1) is 0 Å². The highest BCUT2D eigenvalue weighted by Gasteiger charge is 2.46. The van der Waals surface area contributed by atoms with Crippen LogP contribution < -0.4 is 4.90 Å². The fourth-order valence-electron chi connectivity index (χ4n) is 6.80. The first-order valence-electron chi connectivity index (χ1n) is 18.6. The van der Waals surface area contributed by atoms with Crippen LogP contribution in [0.3, 0.4) is 0 Å². The molecule has 53 heavy (non-hydrogen) atoms. The van der Waals surface area contributed by atoms with Crippen LogP contribution >= 0.6 is 0 Å². The van der Waals surface area contributed by atoms with Crippen LogP contribution in [0.5, 0.6) is 0 Å². The third-order valence-corrected chi connectivity index (χ3v) is 13.1. The summed E-state index contributed by atoms with van der Waals surface area (Å²) in [5, 5.41) is 14.5. The Balaban J connectivity index is 1.53. The van der Waals surface area contributed by atoms with Crippen LogP contribution in [-0.2, 0) is 14.2 Å². The van der Waals surface area contributed by atoms with E-state index in [-0.39, 0.29) is 37.6 Å². The van der Waals surface area contributed by atoms with Crippen LogP contribution in [-0.4, -0.2) is 102 Å². The molecule has 3 aromatic heterocycles. The van der Waals surface area contributed by atoms with Gasteiger partial charge in [0.25, 0.3) is 0 Å². The van der Waals surface area contributed by atoms with E-state index < -0.39 is 39.7 Å². The number of nitrogens with zero attached hydrogens (tertiary/aromatic N) is 6. The van der Waals surface area contributed by atoms with Crippen LogP contribution in [0.1, 0.15) is 69.9 Å². The Bertz CT molecular complexity index is 1670. The van der Waals surface area contributed by atoms with Crippen molar-refractivity contribution in [3.05, 3.63) is 42.0 Å². The van der Waals surface area contributed by atoms with Crippen molar-refractivity contribution >= 4 is 33.7 Å². The van der Waals surface area contributed by atoms with E-state index >= 15 is 0 Å². The van der Waals surface area contributed by atoms with E-state index in [1.54, 1.807) is 10.7 Å². The smallest absolute Gasteiger partial charge is 0.420 e. The van der Waals surface area contributed by atoms with Gasteiger partial charge < -0.3 is 29.1 Å². The van der Waals surface area contributed by atoms with Gasteiger partial charge in [0.1, 0.15) is 24.9 Å². The minimum atomic E-state index is -4.83. The number of aliphatic hydroxyl groups is 1. The molecule has 2 fully saturated rings. The molecule has 294 valence electrons. The van der Waals surface area contributed by atoms with Crippen molar-refractivity contribution in [1.29, 1.82) is 0 Å². The quantitative estimate of drug-likeness (QED) is 0.0978. The van der Waals surface area contributed by atoms with E-state index in [4.69, 9.17) is 24.3 Å². The van der Waals surface area contributed by atoms with E-state index in [0.29, 0.717) is 42.8 Å². The lowest BCUT2D eigenvalue weighted by atomic mass is 9.88. The van der Waals surface area contributed by atoms with E-state index in [2.05, 4.69) is 44.3 Å². The molecule has 4 atom stereocenters. The Morgan fingerprint density at radius 1 is 0.962 bits per heavy atom. The van der Waals surface area contributed by atoms with Gasteiger partial charge in [-0.3, -0.25) is 4.98 Å². The number of carbonyl (C=O) groups excluding carboxylic acids is 1. The molecular formula is C37H57F3N6O5Si2. The van der Waals surface area contributed by atoms with Crippen LogP contribution in [0.25, 0.3) is 16.8 Å². The molecule has 0 radical (unpaired) electrons. The maximum absolute atomic E-state index is 13.3. The first-order chi connectivity index (χ1) is 24.6. The number of hydrogen-bond donors (Lipinski definition) is 1. The third-order valence-electron chi connectivity index (χ3n) is 9.73. The molecule has 0 aromatic carbocycles. The first kappa shape index (κ1) is 41.1. The summed E-state index contributed by atoms with van der Waals surface area (Å²) in [7, 11) is -2.69. The molecule has 2 aliphatic rings. The topological polar surface area (TPSA) is 115 Å². The zero-order valence-corrected chi connectivity index (χ0v) is 34.7. The van der Waals surface area contributed by atoms with Crippen molar-refractivity contribution in [2.45, 2.75) is 134 Å². The van der Waals surface area contributed by atoms with Crippen LogP contribution in [0.2, 0.25) is 51.4 Å². The number of aliphatic hydroxyl groups excluding tert-OH is 1. The average Bonchev–Trinajstić information content (AvgIpc) is 3.59. The molecule has 3 aromatic rings. The lowest BCUT2D eigenvalue weighted by Gasteiger charge is -2.39. The maximum Gasteiger partial charge on any atom is 0.420 e. The van der Waals surface area contributed by atoms with Crippen molar-refractivity contribution in [2.75, 3.05) is 31.6 Å². The number of rotatable bonds is 14. The summed E-state index contributed by atoms with van der Waals surface area (Å²) < 4.78 is 59.8. The normalized spacial score (nSPS) is 20.2. The summed E-state index contributed by atoms with van der Waals surface area (Å²) in [6.45, 7) is 21.2. The van der Waals surface area contributed by atoms with E-state index in [1.807, 2.05) is 36.6 Å². The summed E-state index contributed by atoms with van der Waals surface area (Å²) in [5.41, 5.74) is 1.36. The fourth-order valence-corrected chi connectivity index (χ4v) is 8.32. The predicted molar refractivity (Wildman–Crippen MR) is 205 cm³/mol. The SMILES string of the molecule is CC(C)(C)OC(=O)N1[C@@H]2CC[C@H]1C[C@@H](c1cc(N(COCC[Si](C)(C)C)COCC[Si](C)(C)C)n3ncc(-c4ccc(C(O)C(F)(F)F)nc4)c3n1)C2. The molecule has 2 saturated heterocycles. The molecule has 1 amide bonds. The number of halogens is 3. The Morgan fingerprint density at radius 3 is 2.04 bits per heavy atom. The molecule has 5 heterocycles. The predicted octanol–water partition coefficient (Wildman–Crippen LogP) is 8.46. The van der Waals surface area contributed by atoms with Gasteiger partial charge in [0, 0.05) is 76.4 Å². The number of alkyl halides is 3. The number of hydrogen-bond acceptors (Lipinski definition) is 9. The number of amides is 1. The second-order valence-electron chi connectivity index (χ2n) is 17.9. The number of piperidine rings is 1. The summed E-state index contributed by atoms with van der Waals surface area (Å²) in [4.78, 5) is 26.3. The number of pyridine rings is 1. The van der Waals surface area contributed by atoms with Crippen molar-refractivity contribution in [2.24, 2.45) is 0 Å². The highest BCUT2D eigenvalue weighted by Crippen LogP contribution is 2.44. The summed E-state index contributed by atoms with van der Waals surface area (Å²) in [6.07, 6.45) is -1.65. The maximum atomic E-state index is 13.3. The van der Waals surface area contributed by atoms with Gasteiger partial charge in [-0.05, 0) is 64.6 Å². The number of aromatic nitrogens is 4. The van der Waals surface area contributed by atoms with Crippen molar-refractivity contribution in [3.63, 3.8) is 0 Å². The highest BCUT2D eigenvalue weighted by molar-refractivity contribution is 6.76. The second kappa shape index (κ2) is 16.0. The highest BCUT2D eigenvalue weighted by atomic mass is 28.3. The zero-order chi connectivity index (χ0) is 38.9. The van der Waals surface area contributed by atoms with Crippen molar-refractivity contribution < 1.29 is 37.3 Å². The number of ether oxygens (including phenoxy) is 3. The third kappa shape index (κ3) is 10.8. The minimum absolute atomic E-state index is 0.0159. The van der Waals surface area contributed by atoms with E-state index in [1.165, 1.54) is 18.3 Å². The number of fused-ring (bicyclic) bond motifs is 3. The van der Waals surface area contributed by atoms with Gasteiger partial charge in [-0.25, -0.2) is 9.78 Å². The van der Waals surface area contributed by atoms with Gasteiger partial charge in [0.2, 0.25) is 0 Å². The summed E-state index contributed by atoms with van der Waals surface area (Å²) >= 11 is 0. The largest absolute Gasteiger partial charge is 0.444 e.